The minimum Gasteiger partial charge on any atom is -0.506 e. The molecule has 0 bridgehead atoms. The number of nitrogens with zero attached hydrogens (tertiary/aromatic N) is 4. The molecule has 7 nitrogen and oxygen atoms in total. The van der Waals surface area contributed by atoms with Crippen LogP contribution >= 0.6 is 0 Å². The number of piperazine rings is 1. The van der Waals surface area contributed by atoms with Crippen molar-refractivity contribution in [2.45, 2.75) is 32.7 Å². The number of rotatable bonds is 5. The van der Waals surface area contributed by atoms with Gasteiger partial charge in [0.05, 0.1) is 12.2 Å². The Morgan fingerprint density at radius 1 is 0.909 bits per heavy atom. The first-order valence-corrected chi connectivity index (χ1v) is 12.1. The lowest BCUT2D eigenvalue weighted by Gasteiger charge is -2.37. The summed E-state index contributed by atoms with van der Waals surface area (Å²) in [6, 6.07) is 15.4. The zero-order valence-corrected chi connectivity index (χ0v) is 19.5. The molecule has 0 unspecified atom stereocenters. The van der Waals surface area contributed by atoms with Gasteiger partial charge in [0.1, 0.15) is 5.75 Å². The maximum absolute atomic E-state index is 12.7. The molecule has 2 N–H and O–H groups in total. The van der Waals surface area contributed by atoms with E-state index in [-0.39, 0.29) is 5.91 Å². The standard InChI is InChI=1S/C26H35N5O2/c1-2-27-26(31-18-16-29(17-19-31)23-8-4-5-9-24(23)32)28-20-21-10-12-22(13-11-21)25(33)30-14-6-3-7-15-30/h4-5,8-13,32H,2-3,6-7,14-20H2,1H3,(H,27,28). The second-order valence-electron chi connectivity index (χ2n) is 8.68. The Bertz CT molecular complexity index is 945. The Labute approximate surface area is 196 Å². The Kier molecular flexibility index (Phi) is 7.70. The van der Waals surface area contributed by atoms with E-state index in [4.69, 9.17) is 4.99 Å². The zero-order valence-electron chi connectivity index (χ0n) is 19.5. The van der Waals surface area contributed by atoms with E-state index < -0.39 is 0 Å². The number of amides is 1. The Morgan fingerprint density at radius 3 is 2.27 bits per heavy atom. The molecule has 33 heavy (non-hydrogen) atoms. The molecule has 0 radical (unpaired) electrons. The van der Waals surface area contributed by atoms with Crippen LogP contribution in [0.25, 0.3) is 0 Å². The van der Waals surface area contributed by atoms with Crippen LogP contribution in [0.3, 0.4) is 0 Å². The molecule has 0 aliphatic carbocycles. The van der Waals surface area contributed by atoms with Crippen molar-refractivity contribution in [1.82, 2.24) is 15.1 Å². The number of carbonyl (C=O) groups excluding carboxylic acids is 1. The van der Waals surface area contributed by atoms with E-state index in [1.54, 1.807) is 6.07 Å². The first kappa shape index (κ1) is 23.0. The van der Waals surface area contributed by atoms with Gasteiger partial charge < -0.3 is 25.1 Å². The molecule has 2 aromatic rings. The first-order valence-electron chi connectivity index (χ1n) is 12.1. The Morgan fingerprint density at radius 2 is 1.61 bits per heavy atom. The summed E-state index contributed by atoms with van der Waals surface area (Å²) in [7, 11) is 0. The van der Waals surface area contributed by atoms with Crippen molar-refractivity contribution in [2.24, 2.45) is 4.99 Å². The molecule has 2 aliphatic heterocycles. The van der Waals surface area contributed by atoms with Gasteiger partial charge in [0.25, 0.3) is 5.91 Å². The molecular formula is C26H35N5O2. The number of likely N-dealkylation sites (tertiary alicyclic amines) is 1. The summed E-state index contributed by atoms with van der Waals surface area (Å²) in [5.74, 6) is 1.37. The van der Waals surface area contributed by atoms with Crippen LogP contribution in [-0.4, -0.2) is 72.6 Å². The zero-order chi connectivity index (χ0) is 23.0. The van der Waals surface area contributed by atoms with Gasteiger partial charge in [-0.15, -0.1) is 0 Å². The third kappa shape index (κ3) is 5.78. The number of aromatic hydroxyl groups is 1. The fraction of sp³-hybridized carbons (Fsp3) is 0.462. The average molecular weight is 450 g/mol. The highest BCUT2D eigenvalue weighted by molar-refractivity contribution is 5.94. The fourth-order valence-electron chi connectivity index (χ4n) is 4.52. The van der Waals surface area contributed by atoms with Crippen molar-refractivity contribution in [2.75, 3.05) is 50.7 Å². The minimum absolute atomic E-state index is 0.139. The quantitative estimate of drug-likeness (QED) is 0.541. The van der Waals surface area contributed by atoms with Gasteiger partial charge in [-0.2, -0.15) is 0 Å². The maximum atomic E-state index is 12.7. The predicted molar refractivity (Wildman–Crippen MR) is 133 cm³/mol. The van der Waals surface area contributed by atoms with E-state index in [2.05, 4.69) is 22.0 Å². The summed E-state index contributed by atoms with van der Waals surface area (Å²) in [6.07, 6.45) is 3.43. The lowest BCUT2D eigenvalue weighted by Crippen LogP contribution is -2.52. The number of carbonyl (C=O) groups is 1. The number of anilines is 1. The lowest BCUT2D eigenvalue weighted by atomic mass is 10.1. The van der Waals surface area contributed by atoms with Crippen molar-refractivity contribution in [3.8, 4) is 5.75 Å². The highest BCUT2D eigenvalue weighted by Crippen LogP contribution is 2.27. The molecule has 2 fully saturated rings. The normalized spacial score (nSPS) is 17.2. The molecule has 0 spiro atoms. The van der Waals surface area contributed by atoms with E-state index in [1.165, 1.54) is 6.42 Å². The van der Waals surface area contributed by atoms with Crippen LogP contribution in [0.2, 0.25) is 0 Å². The van der Waals surface area contributed by atoms with Gasteiger partial charge in [-0.1, -0.05) is 24.3 Å². The number of phenols is 1. The highest BCUT2D eigenvalue weighted by atomic mass is 16.3. The highest BCUT2D eigenvalue weighted by Gasteiger charge is 2.21. The van der Waals surface area contributed by atoms with Gasteiger partial charge in [0.15, 0.2) is 5.96 Å². The van der Waals surface area contributed by atoms with Crippen LogP contribution in [0.4, 0.5) is 5.69 Å². The van der Waals surface area contributed by atoms with Gasteiger partial charge in [-0.05, 0) is 56.0 Å². The third-order valence-corrected chi connectivity index (χ3v) is 6.39. The van der Waals surface area contributed by atoms with Crippen LogP contribution in [0.15, 0.2) is 53.5 Å². The SMILES string of the molecule is CCNC(=NCc1ccc(C(=O)N2CCCCC2)cc1)N1CCN(c2ccccc2O)CC1. The summed E-state index contributed by atoms with van der Waals surface area (Å²) in [4.78, 5) is 24.0. The fourth-order valence-corrected chi connectivity index (χ4v) is 4.52. The molecule has 7 heteroatoms. The molecule has 2 aliphatic rings. The number of hydrogen-bond acceptors (Lipinski definition) is 4. The number of guanidine groups is 1. The molecule has 0 aromatic heterocycles. The number of piperidine rings is 1. The predicted octanol–water partition coefficient (Wildman–Crippen LogP) is 3.31. The Balaban J connectivity index is 1.35. The van der Waals surface area contributed by atoms with Crippen LogP contribution < -0.4 is 10.2 Å². The van der Waals surface area contributed by atoms with Gasteiger partial charge >= 0.3 is 0 Å². The van der Waals surface area contributed by atoms with Gasteiger partial charge in [-0.25, -0.2) is 4.99 Å². The van der Waals surface area contributed by atoms with Crippen LogP contribution in [-0.2, 0) is 6.54 Å². The van der Waals surface area contributed by atoms with Gasteiger partial charge in [0.2, 0.25) is 0 Å². The molecular weight excluding hydrogens is 414 g/mol. The number of para-hydroxylation sites is 2. The molecule has 2 aromatic carbocycles. The third-order valence-electron chi connectivity index (χ3n) is 6.39. The monoisotopic (exact) mass is 449 g/mol. The largest absolute Gasteiger partial charge is 0.506 e. The van der Waals surface area contributed by atoms with Gasteiger partial charge in [-0.3, -0.25) is 4.79 Å². The molecule has 4 rings (SSSR count). The van der Waals surface area contributed by atoms with Crippen molar-refractivity contribution < 1.29 is 9.90 Å². The molecule has 0 atom stereocenters. The molecule has 2 saturated heterocycles. The second-order valence-corrected chi connectivity index (χ2v) is 8.68. The second kappa shape index (κ2) is 11.1. The van der Waals surface area contributed by atoms with E-state index in [0.29, 0.717) is 12.3 Å². The van der Waals surface area contributed by atoms with E-state index >= 15 is 0 Å². The van der Waals surface area contributed by atoms with Crippen molar-refractivity contribution in [3.63, 3.8) is 0 Å². The molecule has 2 heterocycles. The average Bonchev–Trinajstić information content (AvgIpc) is 2.87. The van der Waals surface area contributed by atoms with Crippen molar-refractivity contribution in [3.05, 3.63) is 59.7 Å². The number of phenolic OH excluding ortho intramolecular Hbond substituents is 1. The van der Waals surface area contributed by atoms with Gasteiger partial charge in [0, 0.05) is 51.4 Å². The molecule has 176 valence electrons. The summed E-state index contributed by atoms with van der Waals surface area (Å²) < 4.78 is 0. The molecule has 1 amide bonds. The number of benzene rings is 2. The summed E-state index contributed by atoms with van der Waals surface area (Å²) in [5.41, 5.74) is 2.74. The smallest absolute Gasteiger partial charge is 0.253 e. The van der Waals surface area contributed by atoms with Crippen LogP contribution in [0.1, 0.15) is 42.1 Å². The van der Waals surface area contributed by atoms with Crippen LogP contribution in [0, 0.1) is 0 Å². The van der Waals surface area contributed by atoms with E-state index in [0.717, 1.165) is 81.4 Å². The van der Waals surface area contributed by atoms with Crippen molar-refractivity contribution in [1.29, 1.82) is 0 Å². The first-order chi connectivity index (χ1) is 16.2. The Hall–Kier alpha value is -3.22. The van der Waals surface area contributed by atoms with Crippen LogP contribution in [0.5, 0.6) is 5.75 Å². The summed E-state index contributed by atoms with van der Waals surface area (Å²) in [5, 5.41) is 13.6. The lowest BCUT2D eigenvalue weighted by molar-refractivity contribution is 0.0724. The topological polar surface area (TPSA) is 71.4 Å². The summed E-state index contributed by atoms with van der Waals surface area (Å²) >= 11 is 0. The molecule has 0 saturated carbocycles. The number of nitrogens with one attached hydrogen (secondary N) is 1. The van der Waals surface area contributed by atoms with E-state index in [9.17, 15) is 9.90 Å². The number of aliphatic imine (C=N–C) groups is 1. The van der Waals surface area contributed by atoms with Crippen molar-refractivity contribution >= 4 is 17.6 Å². The van der Waals surface area contributed by atoms with E-state index in [1.807, 2.05) is 47.4 Å². The maximum Gasteiger partial charge on any atom is 0.253 e. The summed E-state index contributed by atoms with van der Waals surface area (Å²) in [6.45, 7) is 8.52. The number of hydrogen-bond donors (Lipinski definition) is 2. The minimum atomic E-state index is 0.139.